The van der Waals surface area contributed by atoms with Crippen molar-refractivity contribution in [2.45, 2.75) is 10.8 Å². The highest BCUT2D eigenvalue weighted by Crippen LogP contribution is 2.65. The Bertz CT molecular complexity index is 6590. The molecule has 0 bridgehead atoms. The molecule has 4 aliphatic rings. The van der Waals surface area contributed by atoms with Gasteiger partial charge in [-0.25, -0.2) is 29.9 Å². The van der Waals surface area contributed by atoms with Crippen LogP contribution in [-0.2, 0) is 10.8 Å². The monoisotopic (exact) mass is 1340 g/mol. The molecule has 0 saturated heterocycles. The Kier molecular flexibility index (Phi) is 13.1. The minimum absolute atomic E-state index is 0.447. The normalized spacial score (nSPS) is 13.2. The van der Waals surface area contributed by atoms with Gasteiger partial charge < -0.3 is 0 Å². The molecule has 2 aromatic heterocycles. The lowest BCUT2D eigenvalue weighted by Gasteiger charge is -2.30. The summed E-state index contributed by atoms with van der Waals surface area (Å²) in [7, 11) is 0. The Morgan fingerprint density at radius 1 is 0.142 bits per heavy atom. The second kappa shape index (κ2) is 23.3. The summed E-state index contributed by atoms with van der Waals surface area (Å²) < 4.78 is 0. The molecule has 6 heteroatoms. The van der Waals surface area contributed by atoms with E-state index in [2.05, 4.69) is 328 Å². The molecule has 0 atom stereocenters. The number of hydrogen-bond donors (Lipinski definition) is 0. The molecule has 0 radical (unpaired) electrons. The molecule has 0 saturated carbocycles. The molecule has 0 fully saturated rings. The zero-order valence-corrected chi connectivity index (χ0v) is 57.3. The number of hydrogen-bond acceptors (Lipinski definition) is 6. The average molecular weight is 1350 g/mol. The zero-order chi connectivity index (χ0) is 69.6. The maximum Gasteiger partial charge on any atom is 0.164 e. The molecule has 4 aliphatic carbocycles. The Hall–Kier alpha value is -13.9. The van der Waals surface area contributed by atoms with E-state index in [-0.39, 0.29) is 0 Å². The van der Waals surface area contributed by atoms with Crippen molar-refractivity contribution in [3.05, 3.63) is 408 Å². The van der Waals surface area contributed by atoms with Crippen molar-refractivity contribution in [3.63, 3.8) is 0 Å². The van der Waals surface area contributed by atoms with Crippen LogP contribution in [0.4, 0.5) is 0 Å². The number of rotatable bonds is 9. The quantitative estimate of drug-likeness (QED) is 0.143. The highest BCUT2D eigenvalue weighted by atomic mass is 15.0. The van der Waals surface area contributed by atoms with Crippen LogP contribution in [0.5, 0.6) is 0 Å². The van der Waals surface area contributed by atoms with Crippen LogP contribution < -0.4 is 0 Å². The van der Waals surface area contributed by atoms with E-state index in [1.165, 1.54) is 89.0 Å². The van der Waals surface area contributed by atoms with Crippen LogP contribution in [-0.4, -0.2) is 29.9 Å². The lowest BCUT2D eigenvalue weighted by molar-refractivity contribution is 0.794. The van der Waals surface area contributed by atoms with Crippen LogP contribution in [0.3, 0.4) is 0 Å². The van der Waals surface area contributed by atoms with Gasteiger partial charge in [0.2, 0.25) is 0 Å². The van der Waals surface area contributed by atoms with Crippen molar-refractivity contribution in [2.75, 3.05) is 0 Å². The fraction of sp³-hybridized carbons (Fsp3) is 0.0200. The molecule has 2 heterocycles. The van der Waals surface area contributed by atoms with Crippen molar-refractivity contribution in [3.8, 4) is 146 Å². The summed E-state index contributed by atoms with van der Waals surface area (Å²) in [5.41, 5.74) is 32.0. The first-order chi connectivity index (χ1) is 52.5. The van der Waals surface area contributed by atoms with E-state index in [1.54, 1.807) is 0 Å². The van der Waals surface area contributed by atoms with Crippen molar-refractivity contribution < 1.29 is 0 Å². The van der Waals surface area contributed by atoms with Crippen molar-refractivity contribution in [1.29, 1.82) is 0 Å². The molecular weight excluding hydrogens is 1290 g/mol. The fourth-order valence-corrected chi connectivity index (χ4v) is 18.3. The number of aromatic nitrogens is 6. The minimum Gasteiger partial charge on any atom is -0.208 e. The van der Waals surface area contributed by atoms with Gasteiger partial charge in [0, 0.05) is 33.4 Å². The van der Waals surface area contributed by atoms with Crippen molar-refractivity contribution in [2.24, 2.45) is 0 Å². The molecule has 0 aliphatic heterocycles. The van der Waals surface area contributed by atoms with Gasteiger partial charge in [-0.05, 0) is 168 Å². The predicted octanol–water partition coefficient (Wildman–Crippen LogP) is 24.1. The maximum absolute atomic E-state index is 5.41. The van der Waals surface area contributed by atoms with E-state index in [1.807, 2.05) is 36.4 Å². The van der Waals surface area contributed by atoms with Crippen molar-refractivity contribution in [1.82, 2.24) is 29.9 Å². The molecule has 490 valence electrons. The third-order valence-corrected chi connectivity index (χ3v) is 22.9. The molecular formula is C100H60N6. The SMILES string of the molecule is c1ccc(-c2nc(-c3cccc(-c4ccc(-c5nc(-c6ccccc6)nc(-c6cccc7c(-c8ccc9c(c8)C8(c%10ccccc%10-c%10ccccc%108)c8ccccc8-9)cccc67)n5)cc4)c3)nc(-c3cccc4ccc(-c5ccc6c(c5)C5(c7ccccc7-c7ccccc75)c5ccccc5-6)cc34)n2)cc1. The Morgan fingerprint density at radius 2 is 0.434 bits per heavy atom. The summed E-state index contributed by atoms with van der Waals surface area (Å²) in [6.07, 6.45) is 0. The first kappa shape index (κ1) is 59.7. The van der Waals surface area contributed by atoms with Crippen LogP contribution >= 0.6 is 0 Å². The van der Waals surface area contributed by atoms with Crippen LogP contribution in [0.25, 0.3) is 168 Å². The molecule has 0 amide bonds. The number of fused-ring (bicyclic) bond motifs is 22. The Balaban J connectivity index is 0.613. The van der Waals surface area contributed by atoms with Crippen molar-refractivity contribution >= 4 is 21.5 Å². The van der Waals surface area contributed by atoms with Gasteiger partial charge in [-0.15, -0.1) is 0 Å². The Morgan fingerprint density at radius 3 is 0.925 bits per heavy atom. The third-order valence-electron chi connectivity index (χ3n) is 22.9. The summed E-state index contributed by atoms with van der Waals surface area (Å²) in [6.45, 7) is 0. The van der Waals surface area contributed by atoms with Gasteiger partial charge in [0.15, 0.2) is 34.9 Å². The fourth-order valence-electron chi connectivity index (χ4n) is 18.3. The van der Waals surface area contributed by atoms with E-state index in [0.29, 0.717) is 34.9 Å². The molecule has 16 aromatic carbocycles. The van der Waals surface area contributed by atoms with Gasteiger partial charge in [-0.2, -0.15) is 0 Å². The van der Waals surface area contributed by atoms with Gasteiger partial charge in [0.05, 0.1) is 10.8 Å². The summed E-state index contributed by atoms with van der Waals surface area (Å²) in [6, 6.07) is 132. The first-order valence-electron chi connectivity index (χ1n) is 36.3. The van der Waals surface area contributed by atoms with Crippen LogP contribution in [0.15, 0.2) is 364 Å². The maximum atomic E-state index is 5.41. The largest absolute Gasteiger partial charge is 0.208 e. The Labute approximate surface area is 613 Å². The van der Waals surface area contributed by atoms with E-state index in [4.69, 9.17) is 29.9 Å². The summed E-state index contributed by atoms with van der Waals surface area (Å²) in [5.74, 6) is 3.56. The zero-order valence-electron chi connectivity index (χ0n) is 57.3. The van der Waals surface area contributed by atoms with Crippen LogP contribution in [0.1, 0.15) is 44.5 Å². The minimum atomic E-state index is -0.452. The van der Waals surface area contributed by atoms with E-state index >= 15 is 0 Å². The van der Waals surface area contributed by atoms with Gasteiger partial charge in [0.1, 0.15) is 0 Å². The predicted molar refractivity (Wildman–Crippen MR) is 430 cm³/mol. The van der Waals surface area contributed by atoms with Gasteiger partial charge in [0.25, 0.3) is 0 Å². The standard InChI is InChI=1S/C100H60N6/c1-3-23-63(24-4-1)93-101-95(105-97(103-93)82-40-22-37-72-71(36-21-38-73(72)82)69-54-56-81-79-35-12-18-46-90(79)100(92(81)60-69)87-43-15-9-32-76(87)77-33-10-16-44-88(77)100)65-50-47-61(48-51-65)66-28-19-29-70(57-66)96-102-94(64-25-5-2-6-26-64)104-98(106-96)83-39-20-27-62-49-52-67(58-84(62)83)68-53-55-80-78-34-11-17-45-89(78)99(91(80)59-68)85-41-13-7-30-74(85)75-31-8-14-42-86(75)99/h1-60H. The molecule has 0 N–H and O–H groups in total. The summed E-state index contributed by atoms with van der Waals surface area (Å²) >= 11 is 0. The van der Waals surface area contributed by atoms with Gasteiger partial charge in [-0.1, -0.05) is 340 Å². The molecule has 18 aromatic rings. The molecule has 106 heavy (non-hydrogen) atoms. The third kappa shape index (κ3) is 8.79. The summed E-state index contributed by atoms with van der Waals surface area (Å²) in [5, 5.41) is 4.33. The smallest absolute Gasteiger partial charge is 0.164 e. The van der Waals surface area contributed by atoms with E-state index in [9.17, 15) is 0 Å². The lowest BCUT2D eigenvalue weighted by Crippen LogP contribution is -2.25. The highest BCUT2D eigenvalue weighted by Gasteiger charge is 2.53. The van der Waals surface area contributed by atoms with Gasteiger partial charge in [-0.3, -0.25) is 0 Å². The van der Waals surface area contributed by atoms with E-state index in [0.717, 1.165) is 88.3 Å². The molecule has 22 rings (SSSR count). The topological polar surface area (TPSA) is 77.3 Å². The van der Waals surface area contributed by atoms with Gasteiger partial charge >= 0.3 is 0 Å². The lowest BCUT2D eigenvalue weighted by atomic mass is 9.70. The molecule has 6 nitrogen and oxygen atoms in total. The molecule has 0 unspecified atom stereocenters. The number of benzene rings is 16. The van der Waals surface area contributed by atoms with Crippen LogP contribution in [0, 0.1) is 0 Å². The van der Waals surface area contributed by atoms with Crippen LogP contribution in [0.2, 0.25) is 0 Å². The second-order valence-corrected chi connectivity index (χ2v) is 28.2. The van der Waals surface area contributed by atoms with E-state index < -0.39 is 10.8 Å². The first-order valence-corrected chi connectivity index (χ1v) is 36.3. The second-order valence-electron chi connectivity index (χ2n) is 28.2. The highest BCUT2D eigenvalue weighted by molar-refractivity contribution is 6.06. The molecule has 2 spiro atoms. The number of nitrogens with zero attached hydrogens (tertiary/aromatic N) is 6. The average Bonchev–Trinajstić information content (AvgIpc) is 1.52. The summed E-state index contributed by atoms with van der Waals surface area (Å²) in [4.78, 5) is 31.9.